The van der Waals surface area contributed by atoms with Gasteiger partial charge in [-0.05, 0) is 18.2 Å². The Morgan fingerprint density at radius 1 is 1.38 bits per heavy atom. The van der Waals surface area contributed by atoms with Crippen LogP contribution in [0.5, 0.6) is 0 Å². The van der Waals surface area contributed by atoms with E-state index in [1.807, 2.05) is 6.07 Å². The third kappa shape index (κ3) is 1.72. The quantitative estimate of drug-likeness (QED) is 0.397. The van der Waals surface area contributed by atoms with E-state index in [1.54, 1.807) is 18.2 Å². The fourth-order valence-electron chi connectivity index (χ4n) is 1.68. The van der Waals surface area contributed by atoms with Crippen molar-refractivity contribution in [3.63, 3.8) is 0 Å². The summed E-state index contributed by atoms with van der Waals surface area (Å²) >= 11 is 0. The van der Waals surface area contributed by atoms with Crippen LogP contribution in [0, 0.1) is 5.21 Å². The molecule has 0 saturated carbocycles. The molecule has 1 aromatic heterocycles. The summed E-state index contributed by atoms with van der Waals surface area (Å²) in [5, 5.41) is 24.1. The molecule has 0 saturated heterocycles. The molecule has 0 aliphatic carbocycles. The fourth-order valence-corrected chi connectivity index (χ4v) is 1.68. The number of hydrogen-bond acceptors (Lipinski definition) is 4. The smallest absolute Gasteiger partial charge is 0.249 e. The Hall–Kier alpha value is -2.01. The van der Waals surface area contributed by atoms with Crippen LogP contribution in [-0.4, -0.2) is 18.3 Å². The van der Waals surface area contributed by atoms with Gasteiger partial charge in [-0.15, -0.1) is 0 Å². The average Bonchev–Trinajstić information content (AvgIpc) is 2.28. The molecule has 4 N–H and O–H groups in total. The zero-order chi connectivity index (χ0) is 11.5. The minimum absolute atomic E-state index is 0.0378. The van der Waals surface area contributed by atoms with Gasteiger partial charge in [-0.1, -0.05) is 0 Å². The molecular weight excluding hydrogens is 206 g/mol. The topological polar surface area (TPSA) is 85.2 Å². The van der Waals surface area contributed by atoms with Crippen LogP contribution in [0.3, 0.4) is 0 Å². The highest BCUT2D eigenvalue weighted by Gasteiger charge is 2.10. The standard InChI is InChI=1S/C11H13N3O2/c12-9-3-4-10(13-5-7-15)8-2-1-6-14(16)11(8)9/h1-4,6,13,15H,5,7,12H2. The number of nitrogen functional groups attached to an aromatic ring is 1. The van der Waals surface area contributed by atoms with Crippen molar-refractivity contribution in [3.8, 4) is 0 Å². The molecule has 0 amide bonds. The molecule has 0 atom stereocenters. The predicted octanol–water partition coefficient (Wildman–Crippen LogP) is 0.460. The molecule has 5 nitrogen and oxygen atoms in total. The van der Waals surface area contributed by atoms with Crippen LogP contribution in [0.4, 0.5) is 11.4 Å². The molecule has 0 fully saturated rings. The summed E-state index contributed by atoms with van der Waals surface area (Å²) in [6.45, 7) is 0.475. The number of aliphatic hydroxyl groups is 1. The number of benzene rings is 1. The van der Waals surface area contributed by atoms with Crippen LogP contribution < -0.4 is 15.8 Å². The summed E-state index contributed by atoms with van der Waals surface area (Å²) in [5.41, 5.74) is 7.45. The summed E-state index contributed by atoms with van der Waals surface area (Å²) in [6.07, 6.45) is 1.41. The van der Waals surface area contributed by atoms with E-state index in [4.69, 9.17) is 10.8 Å². The van der Waals surface area contributed by atoms with Gasteiger partial charge in [-0.25, -0.2) is 0 Å². The van der Waals surface area contributed by atoms with Gasteiger partial charge in [-0.2, -0.15) is 4.73 Å². The summed E-state index contributed by atoms with van der Waals surface area (Å²) in [5.74, 6) is 0. The number of rotatable bonds is 3. The van der Waals surface area contributed by atoms with E-state index in [9.17, 15) is 5.21 Å². The van der Waals surface area contributed by atoms with Crippen LogP contribution in [0.25, 0.3) is 10.9 Å². The Balaban J connectivity index is 2.60. The largest absolute Gasteiger partial charge is 0.618 e. The van der Waals surface area contributed by atoms with Crippen molar-refractivity contribution in [2.45, 2.75) is 0 Å². The van der Waals surface area contributed by atoms with Crippen molar-refractivity contribution >= 4 is 22.3 Å². The molecule has 5 heteroatoms. The molecule has 0 bridgehead atoms. The minimum Gasteiger partial charge on any atom is -0.618 e. The molecule has 0 aliphatic rings. The number of nitrogens with two attached hydrogens (primary N) is 1. The second kappa shape index (κ2) is 4.24. The Bertz CT molecular complexity index is 506. The van der Waals surface area contributed by atoms with Crippen LogP contribution >= 0.6 is 0 Å². The Kier molecular flexibility index (Phi) is 2.78. The maximum atomic E-state index is 11.6. The minimum atomic E-state index is 0.0378. The number of fused-ring (bicyclic) bond motifs is 1. The van der Waals surface area contributed by atoms with E-state index < -0.39 is 0 Å². The van der Waals surface area contributed by atoms with Gasteiger partial charge in [0.25, 0.3) is 0 Å². The van der Waals surface area contributed by atoms with E-state index in [-0.39, 0.29) is 6.61 Å². The maximum absolute atomic E-state index is 11.6. The monoisotopic (exact) mass is 219 g/mol. The molecule has 0 unspecified atom stereocenters. The average molecular weight is 219 g/mol. The lowest BCUT2D eigenvalue weighted by atomic mass is 10.1. The van der Waals surface area contributed by atoms with Crippen molar-refractivity contribution < 1.29 is 9.84 Å². The molecule has 2 aromatic rings. The Morgan fingerprint density at radius 2 is 2.19 bits per heavy atom. The van der Waals surface area contributed by atoms with Crippen molar-refractivity contribution in [2.75, 3.05) is 24.2 Å². The number of nitrogens with one attached hydrogen (secondary N) is 1. The number of anilines is 2. The molecule has 1 aromatic carbocycles. The third-order valence-electron chi connectivity index (χ3n) is 2.38. The van der Waals surface area contributed by atoms with Gasteiger partial charge in [-0.3, -0.25) is 0 Å². The van der Waals surface area contributed by atoms with Gasteiger partial charge in [0.1, 0.15) is 5.69 Å². The first-order valence-corrected chi connectivity index (χ1v) is 4.99. The van der Waals surface area contributed by atoms with Crippen LogP contribution in [-0.2, 0) is 0 Å². The predicted molar refractivity (Wildman–Crippen MR) is 62.9 cm³/mol. The maximum Gasteiger partial charge on any atom is 0.249 e. The lowest BCUT2D eigenvalue weighted by molar-refractivity contribution is -0.576. The number of hydrogen-bond donors (Lipinski definition) is 3. The lowest BCUT2D eigenvalue weighted by Crippen LogP contribution is -2.27. The van der Waals surface area contributed by atoms with E-state index >= 15 is 0 Å². The summed E-state index contributed by atoms with van der Waals surface area (Å²) in [4.78, 5) is 0. The Morgan fingerprint density at radius 3 is 2.94 bits per heavy atom. The summed E-state index contributed by atoms with van der Waals surface area (Å²) in [7, 11) is 0. The molecule has 1 heterocycles. The van der Waals surface area contributed by atoms with Crippen LogP contribution in [0.15, 0.2) is 30.5 Å². The molecule has 0 spiro atoms. The van der Waals surface area contributed by atoms with Crippen LogP contribution in [0.1, 0.15) is 0 Å². The number of pyridine rings is 1. The molecular formula is C11H13N3O2. The highest BCUT2D eigenvalue weighted by atomic mass is 16.5. The number of aliphatic hydroxyl groups excluding tert-OH is 1. The molecule has 0 radical (unpaired) electrons. The van der Waals surface area contributed by atoms with Gasteiger partial charge >= 0.3 is 0 Å². The molecule has 16 heavy (non-hydrogen) atoms. The molecule has 0 aliphatic heterocycles. The second-order valence-corrected chi connectivity index (χ2v) is 3.45. The Labute approximate surface area is 92.7 Å². The van der Waals surface area contributed by atoms with Crippen molar-refractivity contribution in [3.05, 3.63) is 35.7 Å². The van der Waals surface area contributed by atoms with E-state index in [0.717, 1.165) is 15.8 Å². The number of aromatic nitrogens is 1. The van der Waals surface area contributed by atoms with Gasteiger partial charge in [0.05, 0.1) is 12.0 Å². The first-order chi connectivity index (χ1) is 7.74. The fraction of sp³-hybridized carbons (Fsp3) is 0.182. The molecule has 2 rings (SSSR count). The van der Waals surface area contributed by atoms with Crippen molar-refractivity contribution in [2.24, 2.45) is 0 Å². The highest BCUT2D eigenvalue weighted by Crippen LogP contribution is 2.25. The van der Waals surface area contributed by atoms with Crippen molar-refractivity contribution in [1.82, 2.24) is 0 Å². The van der Waals surface area contributed by atoms with Crippen LogP contribution in [0.2, 0.25) is 0 Å². The number of nitrogens with zero attached hydrogens (tertiary/aromatic N) is 1. The van der Waals surface area contributed by atoms with Crippen molar-refractivity contribution in [1.29, 1.82) is 0 Å². The first-order valence-electron chi connectivity index (χ1n) is 4.99. The van der Waals surface area contributed by atoms with Gasteiger partial charge < -0.3 is 21.4 Å². The summed E-state index contributed by atoms with van der Waals surface area (Å²) in [6, 6.07) is 6.96. The first kappa shape index (κ1) is 10.5. The zero-order valence-electron chi connectivity index (χ0n) is 8.68. The van der Waals surface area contributed by atoms with E-state index in [2.05, 4.69) is 5.32 Å². The zero-order valence-corrected chi connectivity index (χ0v) is 8.68. The highest BCUT2D eigenvalue weighted by molar-refractivity contribution is 5.96. The molecule has 84 valence electrons. The van der Waals surface area contributed by atoms with Gasteiger partial charge in [0.2, 0.25) is 5.52 Å². The van der Waals surface area contributed by atoms with E-state index in [0.29, 0.717) is 17.7 Å². The SMILES string of the molecule is Nc1ccc(NCCO)c2ccc[n+]([O-])c12. The third-order valence-corrected chi connectivity index (χ3v) is 2.38. The van der Waals surface area contributed by atoms with Gasteiger partial charge in [0, 0.05) is 18.3 Å². The lowest BCUT2D eigenvalue weighted by Gasteiger charge is -2.09. The second-order valence-electron chi connectivity index (χ2n) is 3.45. The van der Waals surface area contributed by atoms with Gasteiger partial charge in [0.15, 0.2) is 6.20 Å². The normalized spacial score (nSPS) is 10.6. The van der Waals surface area contributed by atoms with E-state index in [1.165, 1.54) is 6.20 Å². The summed E-state index contributed by atoms with van der Waals surface area (Å²) < 4.78 is 0.745.